The number of rotatable bonds is 2. The molecule has 0 saturated carbocycles. The Kier molecular flexibility index (Phi) is 1.94. The molecule has 0 radical (unpaired) electrons. The minimum absolute atomic E-state index is 0.229. The second kappa shape index (κ2) is 3.09. The highest BCUT2D eigenvalue weighted by atomic mass is 16.8. The zero-order chi connectivity index (χ0) is 8.39. The lowest BCUT2D eigenvalue weighted by molar-refractivity contribution is -0.290. The first kappa shape index (κ1) is 7.53. The van der Waals surface area contributed by atoms with Crippen LogP contribution in [-0.2, 0) is 9.47 Å². The Balaban J connectivity index is 2.14. The molecule has 0 N–H and O–H groups in total. The van der Waals surface area contributed by atoms with Crippen LogP contribution in [0.3, 0.4) is 0 Å². The average Bonchev–Trinajstić information content (AvgIpc) is 2.03. The number of ether oxygens (including phenoxy) is 2. The van der Waals surface area contributed by atoms with Crippen molar-refractivity contribution in [2.45, 2.75) is 6.29 Å². The summed E-state index contributed by atoms with van der Waals surface area (Å²) in [6.45, 7) is 4.28. The molecular formula is C10H10O2. The number of hydrogen-bond donors (Lipinski definition) is 0. The van der Waals surface area contributed by atoms with Gasteiger partial charge in [-0.25, -0.2) is 0 Å². The standard InChI is InChI=1S/C10H10O2/c1-8(10-11-7-12-10)9-5-3-2-4-6-9/h2-6,10H,1,7H2. The number of hydrogen-bond acceptors (Lipinski definition) is 2. The Morgan fingerprint density at radius 2 is 1.92 bits per heavy atom. The highest BCUT2D eigenvalue weighted by Gasteiger charge is 2.22. The van der Waals surface area contributed by atoms with Gasteiger partial charge in [-0.1, -0.05) is 36.9 Å². The summed E-state index contributed by atoms with van der Waals surface area (Å²) in [5.41, 5.74) is 1.96. The molecule has 0 aromatic heterocycles. The van der Waals surface area contributed by atoms with Gasteiger partial charge in [-0.2, -0.15) is 0 Å². The molecule has 0 unspecified atom stereocenters. The van der Waals surface area contributed by atoms with E-state index in [1.165, 1.54) is 0 Å². The summed E-state index contributed by atoms with van der Waals surface area (Å²) < 4.78 is 10.3. The van der Waals surface area contributed by atoms with Crippen LogP contribution in [0.1, 0.15) is 5.56 Å². The molecule has 1 fully saturated rings. The molecule has 1 aromatic carbocycles. The predicted octanol–water partition coefficient (Wildman–Crippen LogP) is 2.03. The van der Waals surface area contributed by atoms with Crippen LogP contribution < -0.4 is 0 Å². The molecule has 62 valence electrons. The van der Waals surface area contributed by atoms with Crippen LogP contribution >= 0.6 is 0 Å². The third kappa shape index (κ3) is 1.26. The summed E-state index contributed by atoms with van der Waals surface area (Å²) in [6, 6.07) is 9.90. The van der Waals surface area contributed by atoms with E-state index in [9.17, 15) is 0 Å². The second-order valence-electron chi connectivity index (χ2n) is 2.67. The first-order chi connectivity index (χ1) is 5.88. The third-order valence-corrected chi connectivity index (χ3v) is 1.87. The van der Waals surface area contributed by atoms with E-state index in [0.717, 1.165) is 11.1 Å². The van der Waals surface area contributed by atoms with E-state index in [1.54, 1.807) is 0 Å². The van der Waals surface area contributed by atoms with E-state index in [1.807, 2.05) is 30.3 Å². The first-order valence-electron chi connectivity index (χ1n) is 3.85. The van der Waals surface area contributed by atoms with Gasteiger partial charge in [-0.05, 0) is 5.56 Å². The minimum atomic E-state index is -0.229. The highest BCUT2D eigenvalue weighted by Crippen LogP contribution is 2.23. The van der Waals surface area contributed by atoms with Gasteiger partial charge in [0.05, 0.1) is 0 Å². The Bertz CT molecular complexity index is 275. The molecule has 2 rings (SSSR count). The van der Waals surface area contributed by atoms with Crippen molar-refractivity contribution >= 4 is 5.57 Å². The molecule has 1 aliphatic rings. The molecule has 2 nitrogen and oxygen atoms in total. The van der Waals surface area contributed by atoms with Crippen molar-refractivity contribution in [2.24, 2.45) is 0 Å². The molecule has 0 aliphatic carbocycles. The zero-order valence-corrected chi connectivity index (χ0v) is 6.69. The number of benzene rings is 1. The van der Waals surface area contributed by atoms with Crippen LogP contribution in [0.4, 0.5) is 0 Å². The van der Waals surface area contributed by atoms with Crippen LogP contribution in [0.15, 0.2) is 36.9 Å². The van der Waals surface area contributed by atoms with Crippen LogP contribution in [0.5, 0.6) is 0 Å². The SMILES string of the molecule is C=C(c1ccccc1)C1OCO1. The van der Waals surface area contributed by atoms with E-state index < -0.39 is 0 Å². The average molecular weight is 162 g/mol. The monoisotopic (exact) mass is 162 g/mol. The van der Waals surface area contributed by atoms with Crippen molar-refractivity contribution in [3.8, 4) is 0 Å². The maximum Gasteiger partial charge on any atom is 0.189 e. The van der Waals surface area contributed by atoms with Crippen LogP contribution in [0.2, 0.25) is 0 Å². The molecule has 1 aliphatic heterocycles. The van der Waals surface area contributed by atoms with Crippen LogP contribution in [-0.4, -0.2) is 13.1 Å². The van der Waals surface area contributed by atoms with Crippen molar-refractivity contribution in [3.05, 3.63) is 42.5 Å². The largest absolute Gasteiger partial charge is 0.322 e. The smallest absolute Gasteiger partial charge is 0.189 e. The molecule has 1 aromatic rings. The van der Waals surface area contributed by atoms with Gasteiger partial charge in [-0.3, -0.25) is 0 Å². The van der Waals surface area contributed by atoms with Gasteiger partial charge < -0.3 is 9.47 Å². The van der Waals surface area contributed by atoms with Crippen molar-refractivity contribution in [2.75, 3.05) is 6.79 Å². The van der Waals surface area contributed by atoms with E-state index in [2.05, 4.69) is 6.58 Å². The van der Waals surface area contributed by atoms with E-state index in [-0.39, 0.29) is 6.29 Å². The highest BCUT2D eigenvalue weighted by molar-refractivity contribution is 5.65. The molecular weight excluding hydrogens is 152 g/mol. The second-order valence-corrected chi connectivity index (χ2v) is 2.67. The maximum absolute atomic E-state index is 5.13. The topological polar surface area (TPSA) is 18.5 Å². The fraction of sp³-hybridized carbons (Fsp3) is 0.200. The fourth-order valence-corrected chi connectivity index (χ4v) is 1.13. The van der Waals surface area contributed by atoms with Crippen molar-refractivity contribution < 1.29 is 9.47 Å². The maximum atomic E-state index is 5.13. The fourth-order valence-electron chi connectivity index (χ4n) is 1.13. The molecule has 1 heterocycles. The predicted molar refractivity (Wildman–Crippen MR) is 46.3 cm³/mol. The zero-order valence-electron chi connectivity index (χ0n) is 6.69. The van der Waals surface area contributed by atoms with E-state index in [0.29, 0.717) is 6.79 Å². The molecule has 0 spiro atoms. The lowest BCUT2D eigenvalue weighted by atomic mass is 10.1. The minimum Gasteiger partial charge on any atom is -0.322 e. The Labute approximate surface area is 71.4 Å². The van der Waals surface area contributed by atoms with Gasteiger partial charge in [0.1, 0.15) is 0 Å². The van der Waals surface area contributed by atoms with Gasteiger partial charge in [0.2, 0.25) is 0 Å². The molecule has 1 saturated heterocycles. The van der Waals surface area contributed by atoms with Gasteiger partial charge in [0.15, 0.2) is 13.1 Å². The molecule has 0 bridgehead atoms. The first-order valence-corrected chi connectivity index (χ1v) is 3.85. The summed E-state index contributed by atoms with van der Waals surface area (Å²) in [4.78, 5) is 0. The molecule has 12 heavy (non-hydrogen) atoms. The van der Waals surface area contributed by atoms with Gasteiger partial charge in [0, 0.05) is 5.57 Å². The van der Waals surface area contributed by atoms with E-state index in [4.69, 9.17) is 9.47 Å². The molecule has 0 amide bonds. The summed E-state index contributed by atoms with van der Waals surface area (Å²) in [7, 11) is 0. The summed E-state index contributed by atoms with van der Waals surface area (Å²) in [5.74, 6) is 0. The third-order valence-electron chi connectivity index (χ3n) is 1.87. The van der Waals surface area contributed by atoms with Gasteiger partial charge in [-0.15, -0.1) is 0 Å². The van der Waals surface area contributed by atoms with Crippen LogP contribution in [0.25, 0.3) is 5.57 Å². The van der Waals surface area contributed by atoms with Crippen molar-refractivity contribution in [1.29, 1.82) is 0 Å². The van der Waals surface area contributed by atoms with Crippen molar-refractivity contribution in [1.82, 2.24) is 0 Å². The Hall–Kier alpha value is -1.12. The summed E-state index contributed by atoms with van der Waals surface area (Å²) >= 11 is 0. The van der Waals surface area contributed by atoms with Crippen molar-refractivity contribution in [3.63, 3.8) is 0 Å². The van der Waals surface area contributed by atoms with Crippen LogP contribution in [0, 0.1) is 0 Å². The van der Waals surface area contributed by atoms with E-state index >= 15 is 0 Å². The quantitative estimate of drug-likeness (QED) is 0.662. The molecule has 2 heteroatoms. The summed E-state index contributed by atoms with van der Waals surface area (Å²) in [5, 5.41) is 0. The lowest BCUT2D eigenvalue weighted by Gasteiger charge is -2.28. The van der Waals surface area contributed by atoms with Gasteiger partial charge in [0.25, 0.3) is 0 Å². The molecule has 0 atom stereocenters. The Morgan fingerprint density at radius 1 is 1.25 bits per heavy atom. The lowest BCUT2D eigenvalue weighted by Crippen LogP contribution is -2.31. The normalized spacial score (nSPS) is 17.0. The summed E-state index contributed by atoms with van der Waals surface area (Å²) in [6.07, 6.45) is -0.229. The van der Waals surface area contributed by atoms with Gasteiger partial charge >= 0.3 is 0 Å². The Morgan fingerprint density at radius 3 is 2.42 bits per heavy atom.